The van der Waals surface area contributed by atoms with Gasteiger partial charge >= 0.3 is 6.03 Å². The first-order valence-corrected chi connectivity index (χ1v) is 7.92. The van der Waals surface area contributed by atoms with Crippen LogP contribution in [-0.4, -0.2) is 30.6 Å². The molecule has 0 spiro atoms. The molecule has 1 aliphatic rings. The molecule has 2 aromatic rings. The molecule has 1 aromatic carbocycles. The van der Waals surface area contributed by atoms with E-state index in [4.69, 9.17) is 4.74 Å². The second-order valence-corrected chi connectivity index (χ2v) is 5.99. The van der Waals surface area contributed by atoms with E-state index in [-0.39, 0.29) is 12.1 Å². The van der Waals surface area contributed by atoms with Gasteiger partial charge in [0.2, 0.25) is 0 Å². The fourth-order valence-electron chi connectivity index (χ4n) is 2.39. The minimum Gasteiger partial charge on any atom is -0.370 e. The Balaban J connectivity index is 1.56. The Labute approximate surface area is 128 Å². The summed E-state index contributed by atoms with van der Waals surface area (Å²) in [6.45, 7) is 2.40. The number of rotatable bonds is 3. The number of hydrogen-bond donors (Lipinski definition) is 1. The van der Waals surface area contributed by atoms with E-state index in [0.29, 0.717) is 26.2 Å². The third kappa shape index (κ3) is 3.62. The summed E-state index contributed by atoms with van der Waals surface area (Å²) in [5.41, 5.74) is 1.12. The Bertz CT molecular complexity index is 571. The Morgan fingerprint density at radius 1 is 1.29 bits per heavy atom. The number of carbonyl (C=O) groups is 1. The van der Waals surface area contributed by atoms with Gasteiger partial charge in [-0.3, -0.25) is 0 Å². The average molecular weight is 302 g/mol. The molecule has 1 fully saturated rings. The van der Waals surface area contributed by atoms with Crippen LogP contribution in [-0.2, 0) is 11.3 Å². The van der Waals surface area contributed by atoms with E-state index in [1.807, 2.05) is 52.7 Å². The number of urea groups is 1. The van der Waals surface area contributed by atoms with Crippen LogP contribution in [0.25, 0.3) is 0 Å². The number of nitrogens with zero attached hydrogens (tertiary/aromatic N) is 1. The summed E-state index contributed by atoms with van der Waals surface area (Å²) in [5, 5.41) is 4.98. The molecule has 1 aliphatic heterocycles. The van der Waals surface area contributed by atoms with E-state index < -0.39 is 0 Å². The lowest BCUT2D eigenvalue weighted by molar-refractivity contribution is -0.0154. The molecule has 1 aromatic heterocycles. The maximum absolute atomic E-state index is 12.2. The lowest BCUT2D eigenvalue weighted by Crippen LogP contribution is -2.46. The van der Waals surface area contributed by atoms with Crippen molar-refractivity contribution in [2.45, 2.75) is 12.6 Å². The van der Waals surface area contributed by atoms with Gasteiger partial charge in [-0.1, -0.05) is 36.4 Å². The molecule has 1 unspecified atom stereocenters. The maximum Gasteiger partial charge on any atom is 0.317 e. The van der Waals surface area contributed by atoms with Gasteiger partial charge in [-0.25, -0.2) is 4.79 Å². The predicted octanol–water partition coefficient (Wildman–Crippen LogP) is 3.03. The molecule has 1 atom stereocenters. The highest BCUT2D eigenvalue weighted by molar-refractivity contribution is 7.09. The standard InChI is InChI=1S/C16H18N2O2S/c19-16(17-11-14-7-4-10-21-14)18-8-9-20-15(12-18)13-5-2-1-3-6-13/h1-7,10,15H,8-9,11-12H2,(H,17,19). The maximum atomic E-state index is 12.2. The van der Waals surface area contributed by atoms with Crippen LogP contribution < -0.4 is 5.32 Å². The summed E-state index contributed by atoms with van der Waals surface area (Å²) in [6.07, 6.45) is -0.0348. The van der Waals surface area contributed by atoms with Crippen molar-refractivity contribution in [1.29, 1.82) is 0 Å². The lowest BCUT2D eigenvalue weighted by Gasteiger charge is -2.33. The Hall–Kier alpha value is -1.85. The predicted molar refractivity (Wildman–Crippen MR) is 83.3 cm³/mol. The van der Waals surface area contributed by atoms with E-state index >= 15 is 0 Å². The second kappa shape index (κ2) is 6.74. The topological polar surface area (TPSA) is 41.6 Å². The van der Waals surface area contributed by atoms with Crippen molar-refractivity contribution >= 4 is 17.4 Å². The van der Waals surface area contributed by atoms with Gasteiger partial charge in [-0.15, -0.1) is 11.3 Å². The van der Waals surface area contributed by atoms with Gasteiger partial charge in [-0.05, 0) is 17.0 Å². The zero-order chi connectivity index (χ0) is 14.5. The first-order chi connectivity index (χ1) is 10.3. The second-order valence-electron chi connectivity index (χ2n) is 4.95. The van der Waals surface area contributed by atoms with Crippen LogP contribution in [0, 0.1) is 0 Å². The van der Waals surface area contributed by atoms with Crippen LogP contribution in [0.1, 0.15) is 16.5 Å². The van der Waals surface area contributed by atoms with Crippen molar-refractivity contribution in [3.8, 4) is 0 Å². The monoisotopic (exact) mass is 302 g/mol. The van der Waals surface area contributed by atoms with Gasteiger partial charge in [0.25, 0.3) is 0 Å². The van der Waals surface area contributed by atoms with Crippen LogP contribution >= 0.6 is 11.3 Å². The van der Waals surface area contributed by atoms with Gasteiger partial charge in [0.05, 0.1) is 19.7 Å². The SMILES string of the molecule is O=C(NCc1cccs1)N1CCOC(c2ccccc2)C1. The summed E-state index contributed by atoms with van der Waals surface area (Å²) >= 11 is 1.65. The van der Waals surface area contributed by atoms with E-state index in [9.17, 15) is 4.79 Å². The fraction of sp³-hybridized carbons (Fsp3) is 0.312. The van der Waals surface area contributed by atoms with Crippen molar-refractivity contribution < 1.29 is 9.53 Å². The molecule has 0 saturated carbocycles. The molecule has 0 bridgehead atoms. The summed E-state index contributed by atoms with van der Waals surface area (Å²) in [6, 6.07) is 14.0. The molecule has 2 amide bonds. The molecule has 0 radical (unpaired) electrons. The molecule has 1 saturated heterocycles. The minimum absolute atomic E-state index is 0.0207. The van der Waals surface area contributed by atoms with Crippen molar-refractivity contribution in [1.82, 2.24) is 10.2 Å². The van der Waals surface area contributed by atoms with Gasteiger partial charge < -0.3 is 15.0 Å². The molecule has 2 heterocycles. The molecule has 4 nitrogen and oxygen atoms in total. The Morgan fingerprint density at radius 3 is 2.90 bits per heavy atom. The largest absolute Gasteiger partial charge is 0.370 e. The van der Waals surface area contributed by atoms with E-state index in [1.54, 1.807) is 11.3 Å². The molecule has 5 heteroatoms. The highest BCUT2D eigenvalue weighted by Crippen LogP contribution is 2.21. The number of carbonyl (C=O) groups excluding carboxylic acids is 1. The normalized spacial score (nSPS) is 18.5. The Morgan fingerprint density at radius 2 is 2.14 bits per heavy atom. The number of benzene rings is 1. The van der Waals surface area contributed by atoms with Crippen LogP contribution in [0.3, 0.4) is 0 Å². The number of nitrogens with one attached hydrogen (secondary N) is 1. The van der Waals surface area contributed by atoms with Crippen molar-refractivity contribution in [3.63, 3.8) is 0 Å². The van der Waals surface area contributed by atoms with Crippen LogP contribution in [0.2, 0.25) is 0 Å². The molecular weight excluding hydrogens is 284 g/mol. The smallest absolute Gasteiger partial charge is 0.317 e. The molecule has 0 aliphatic carbocycles. The van der Waals surface area contributed by atoms with Crippen molar-refractivity contribution in [3.05, 3.63) is 58.3 Å². The number of hydrogen-bond acceptors (Lipinski definition) is 3. The van der Waals surface area contributed by atoms with Crippen LogP contribution in [0.4, 0.5) is 4.79 Å². The number of ether oxygens (including phenoxy) is 1. The van der Waals surface area contributed by atoms with Gasteiger partial charge in [0.1, 0.15) is 6.10 Å². The quantitative estimate of drug-likeness (QED) is 0.947. The minimum atomic E-state index is -0.0348. The highest BCUT2D eigenvalue weighted by atomic mass is 32.1. The van der Waals surface area contributed by atoms with Crippen LogP contribution in [0.15, 0.2) is 47.8 Å². The zero-order valence-corrected chi connectivity index (χ0v) is 12.5. The fourth-order valence-corrected chi connectivity index (χ4v) is 3.04. The number of morpholine rings is 1. The van der Waals surface area contributed by atoms with Crippen LogP contribution in [0.5, 0.6) is 0 Å². The third-order valence-electron chi connectivity index (χ3n) is 3.52. The van der Waals surface area contributed by atoms with Crippen molar-refractivity contribution in [2.24, 2.45) is 0 Å². The molecule has 21 heavy (non-hydrogen) atoms. The zero-order valence-electron chi connectivity index (χ0n) is 11.7. The van der Waals surface area contributed by atoms with Gasteiger partial charge in [0, 0.05) is 11.4 Å². The molecule has 3 rings (SSSR count). The van der Waals surface area contributed by atoms with E-state index in [1.165, 1.54) is 0 Å². The van der Waals surface area contributed by atoms with Crippen molar-refractivity contribution in [2.75, 3.05) is 19.7 Å². The molecule has 1 N–H and O–H groups in total. The lowest BCUT2D eigenvalue weighted by atomic mass is 10.1. The average Bonchev–Trinajstić information content (AvgIpc) is 3.07. The summed E-state index contributed by atoms with van der Waals surface area (Å²) < 4.78 is 5.78. The molecular formula is C16H18N2O2S. The number of thiophene rings is 1. The van der Waals surface area contributed by atoms with Gasteiger partial charge in [0.15, 0.2) is 0 Å². The van der Waals surface area contributed by atoms with Gasteiger partial charge in [-0.2, -0.15) is 0 Å². The molecule has 110 valence electrons. The Kier molecular flexibility index (Phi) is 4.52. The first kappa shape index (κ1) is 14.1. The number of amides is 2. The summed E-state index contributed by atoms with van der Waals surface area (Å²) in [4.78, 5) is 15.2. The summed E-state index contributed by atoms with van der Waals surface area (Å²) in [7, 11) is 0. The first-order valence-electron chi connectivity index (χ1n) is 7.04. The third-order valence-corrected chi connectivity index (χ3v) is 4.40. The van der Waals surface area contributed by atoms with E-state index in [2.05, 4.69) is 5.32 Å². The van der Waals surface area contributed by atoms with E-state index in [0.717, 1.165) is 10.4 Å². The highest BCUT2D eigenvalue weighted by Gasteiger charge is 2.25. The summed E-state index contributed by atoms with van der Waals surface area (Å²) in [5.74, 6) is 0.